The van der Waals surface area contributed by atoms with Crippen molar-refractivity contribution in [2.24, 2.45) is 12.1 Å². The minimum absolute atomic E-state index is 0.244. The largest absolute Gasteiger partial charge is 0.434 e. The number of hydrazone groups is 1. The average molecular weight is 332 g/mol. The van der Waals surface area contributed by atoms with Gasteiger partial charge in [-0.1, -0.05) is 4.98 Å². The van der Waals surface area contributed by atoms with Crippen LogP contribution in [0.1, 0.15) is 5.69 Å². The Morgan fingerprint density at radius 1 is 1.38 bits per heavy atom. The van der Waals surface area contributed by atoms with Gasteiger partial charge in [0.15, 0.2) is 17.3 Å². The summed E-state index contributed by atoms with van der Waals surface area (Å²) in [5, 5.41) is 22.9. The van der Waals surface area contributed by atoms with E-state index in [1.165, 1.54) is 17.0 Å². The van der Waals surface area contributed by atoms with Crippen molar-refractivity contribution in [2.75, 3.05) is 36.6 Å². The van der Waals surface area contributed by atoms with Gasteiger partial charge in [0.25, 0.3) is 0 Å². The summed E-state index contributed by atoms with van der Waals surface area (Å²) in [5.41, 5.74) is 3.22. The maximum atomic E-state index is 10.7. The predicted molar refractivity (Wildman–Crippen MR) is 86.1 cm³/mol. The minimum atomic E-state index is -0.555. The van der Waals surface area contributed by atoms with Crippen LogP contribution in [0.5, 0.6) is 0 Å². The first-order valence-electron chi connectivity index (χ1n) is 7.27. The van der Waals surface area contributed by atoms with Crippen molar-refractivity contribution >= 4 is 23.8 Å². The third-order valence-electron chi connectivity index (χ3n) is 3.52. The molecule has 1 fully saturated rings. The third kappa shape index (κ3) is 3.46. The van der Waals surface area contributed by atoms with E-state index in [1.54, 1.807) is 13.1 Å². The number of hydrogen-bond donors (Lipinski definition) is 1. The molecule has 1 N–H and O–H groups in total. The molecule has 0 radical (unpaired) electrons. The van der Waals surface area contributed by atoms with Gasteiger partial charge in [-0.15, -0.1) is 10.2 Å². The fourth-order valence-electron chi connectivity index (χ4n) is 2.21. The molecule has 11 heteroatoms. The number of anilines is 2. The number of aromatic nitrogens is 4. The van der Waals surface area contributed by atoms with E-state index in [4.69, 9.17) is 4.74 Å². The first-order valence-corrected chi connectivity index (χ1v) is 7.27. The Kier molecular flexibility index (Phi) is 4.61. The molecule has 1 saturated heterocycles. The van der Waals surface area contributed by atoms with Crippen LogP contribution in [-0.4, -0.2) is 57.2 Å². The zero-order chi connectivity index (χ0) is 16.9. The number of morpholine rings is 1. The molecule has 0 bridgehead atoms. The SMILES string of the molecule is Cn1c(C=NNc2ccc(N3CCOCC3)nn2)cnc1[N+](=O)[O-]. The summed E-state index contributed by atoms with van der Waals surface area (Å²) in [7, 11) is 1.55. The van der Waals surface area contributed by atoms with E-state index < -0.39 is 4.92 Å². The van der Waals surface area contributed by atoms with E-state index in [-0.39, 0.29) is 5.95 Å². The first-order chi connectivity index (χ1) is 11.6. The van der Waals surface area contributed by atoms with Crippen LogP contribution >= 0.6 is 0 Å². The van der Waals surface area contributed by atoms with E-state index in [1.807, 2.05) is 6.07 Å². The maximum absolute atomic E-state index is 10.7. The number of hydrogen-bond acceptors (Lipinski definition) is 9. The predicted octanol–water partition coefficient (Wildman–Crippen LogP) is 0.401. The molecule has 0 aromatic carbocycles. The fraction of sp³-hybridized carbons (Fsp3) is 0.385. The topological polar surface area (TPSA) is 124 Å². The van der Waals surface area contributed by atoms with Crippen LogP contribution in [0.2, 0.25) is 0 Å². The van der Waals surface area contributed by atoms with Gasteiger partial charge in [0.2, 0.25) is 0 Å². The van der Waals surface area contributed by atoms with E-state index in [2.05, 4.69) is 30.6 Å². The van der Waals surface area contributed by atoms with E-state index in [0.717, 1.165) is 18.9 Å². The highest BCUT2D eigenvalue weighted by Crippen LogP contribution is 2.13. The van der Waals surface area contributed by atoms with Crippen LogP contribution in [0, 0.1) is 10.1 Å². The Balaban J connectivity index is 1.61. The lowest BCUT2D eigenvalue weighted by Crippen LogP contribution is -2.36. The van der Waals surface area contributed by atoms with Gasteiger partial charge in [-0.25, -0.2) is 4.57 Å². The smallest absolute Gasteiger partial charge is 0.390 e. The molecule has 24 heavy (non-hydrogen) atoms. The third-order valence-corrected chi connectivity index (χ3v) is 3.52. The highest BCUT2D eigenvalue weighted by atomic mass is 16.6. The molecule has 1 aliphatic rings. The van der Waals surface area contributed by atoms with Gasteiger partial charge < -0.3 is 19.8 Å². The quantitative estimate of drug-likeness (QED) is 0.474. The highest BCUT2D eigenvalue weighted by Gasteiger charge is 2.15. The summed E-state index contributed by atoms with van der Waals surface area (Å²) in [6, 6.07) is 3.62. The first kappa shape index (κ1) is 15.8. The molecule has 0 unspecified atom stereocenters. The second-order valence-corrected chi connectivity index (χ2v) is 5.05. The number of rotatable bonds is 5. The van der Waals surface area contributed by atoms with Crippen LogP contribution in [0.25, 0.3) is 0 Å². The van der Waals surface area contributed by atoms with Gasteiger partial charge in [-0.05, 0) is 17.1 Å². The molecule has 0 atom stereocenters. The standard InChI is InChI=1S/C13H16N8O3/c1-19-10(8-14-13(19)21(22)23)9-15-16-11-2-3-12(18-17-11)20-4-6-24-7-5-20/h2-3,8-9H,4-7H2,1H3,(H,16,17). The van der Waals surface area contributed by atoms with Crippen molar-refractivity contribution in [3.05, 3.63) is 34.1 Å². The average Bonchev–Trinajstić information content (AvgIpc) is 2.97. The molecule has 2 aromatic heterocycles. The Hall–Kier alpha value is -3.08. The Morgan fingerprint density at radius 2 is 2.17 bits per heavy atom. The van der Waals surface area contributed by atoms with Gasteiger partial charge >= 0.3 is 5.95 Å². The fourth-order valence-corrected chi connectivity index (χ4v) is 2.21. The summed E-state index contributed by atoms with van der Waals surface area (Å²) >= 11 is 0. The zero-order valence-electron chi connectivity index (χ0n) is 13.0. The molecular formula is C13H16N8O3. The molecule has 126 valence electrons. The molecule has 0 saturated carbocycles. The molecule has 2 aromatic rings. The molecule has 0 spiro atoms. The summed E-state index contributed by atoms with van der Waals surface area (Å²) in [4.78, 5) is 16.0. The zero-order valence-corrected chi connectivity index (χ0v) is 13.0. The second-order valence-electron chi connectivity index (χ2n) is 5.05. The van der Waals surface area contributed by atoms with Crippen LogP contribution in [0.3, 0.4) is 0 Å². The van der Waals surface area contributed by atoms with Gasteiger partial charge in [0.05, 0.1) is 26.5 Å². The molecule has 3 heterocycles. The Labute approximate surface area is 137 Å². The van der Waals surface area contributed by atoms with Crippen LogP contribution in [0.4, 0.5) is 17.6 Å². The van der Waals surface area contributed by atoms with Crippen LogP contribution in [0.15, 0.2) is 23.4 Å². The van der Waals surface area contributed by atoms with Crippen LogP contribution < -0.4 is 10.3 Å². The van der Waals surface area contributed by atoms with Crippen molar-refractivity contribution in [3.8, 4) is 0 Å². The van der Waals surface area contributed by atoms with Gasteiger partial charge in [0, 0.05) is 13.1 Å². The number of imidazole rings is 1. The van der Waals surface area contributed by atoms with Gasteiger partial charge in [0.1, 0.15) is 6.20 Å². The summed E-state index contributed by atoms with van der Waals surface area (Å²) in [6.45, 7) is 2.95. The van der Waals surface area contributed by atoms with Crippen molar-refractivity contribution in [3.63, 3.8) is 0 Å². The van der Waals surface area contributed by atoms with E-state index >= 15 is 0 Å². The molecule has 0 aliphatic carbocycles. The van der Waals surface area contributed by atoms with Gasteiger partial charge in [-0.2, -0.15) is 5.10 Å². The Bertz CT molecular complexity index is 736. The molecule has 0 amide bonds. The maximum Gasteiger partial charge on any atom is 0.434 e. The van der Waals surface area contributed by atoms with Crippen molar-refractivity contribution in [1.29, 1.82) is 0 Å². The molecular weight excluding hydrogens is 316 g/mol. The number of ether oxygens (including phenoxy) is 1. The summed E-state index contributed by atoms with van der Waals surface area (Å²) in [5.74, 6) is 1.01. The monoisotopic (exact) mass is 332 g/mol. The molecule has 1 aliphatic heterocycles. The summed E-state index contributed by atoms with van der Waals surface area (Å²) in [6.07, 6.45) is 2.80. The summed E-state index contributed by atoms with van der Waals surface area (Å²) < 4.78 is 6.63. The van der Waals surface area contributed by atoms with Crippen molar-refractivity contribution < 1.29 is 9.66 Å². The number of nitrogens with zero attached hydrogens (tertiary/aromatic N) is 7. The minimum Gasteiger partial charge on any atom is -0.390 e. The lowest BCUT2D eigenvalue weighted by molar-refractivity contribution is -0.396. The van der Waals surface area contributed by atoms with Crippen molar-refractivity contribution in [1.82, 2.24) is 19.7 Å². The highest BCUT2D eigenvalue weighted by molar-refractivity contribution is 5.78. The number of nitro groups is 1. The number of nitrogens with one attached hydrogen (secondary N) is 1. The van der Waals surface area contributed by atoms with E-state index in [9.17, 15) is 10.1 Å². The second kappa shape index (κ2) is 7.00. The molecule has 3 rings (SSSR count). The van der Waals surface area contributed by atoms with Gasteiger partial charge in [-0.3, -0.25) is 5.43 Å². The van der Waals surface area contributed by atoms with Crippen LogP contribution in [-0.2, 0) is 11.8 Å². The Morgan fingerprint density at radius 3 is 2.79 bits per heavy atom. The van der Waals surface area contributed by atoms with E-state index in [0.29, 0.717) is 24.7 Å². The normalized spacial score (nSPS) is 15.0. The van der Waals surface area contributed by atoms with Crippen molar-refractivity contribution in [2.45, 2.75) is 0 Å². The lowest BCUT2D eigenvalue weighted by atomic mass is 10.4. The lowest BCUT2D eigenvalue weighted by Gasteiger charge is -2.27. The molecule has 11 nitrogen and oxygen atoms in total.